The number of unbranched alkanes of at least 4 members (excludes halogenated alkanes) is 3. The standard InChI is InChI=1S/C15H22O4/c1-2-3-4-7-10-18-11-12-19-14-9-6-5-8-13(14)15(16)17/h5-6,8-9H,2-4,7,10-12H2,1H3,(H,16,17). The van der Waals surface area contributed by atoms with Crippen molar-refractivity contribution in [3.05, 3.63) is 29.8 Å². The fraction of sp³-hybridized carbons (Fsp3) is 0.533. The molecule has 0 heterocycles. The van der Waals surface area contributed by atoms with Gasteiger partial charge in [-0.15, -0.1) is 0 Å². The van der Waals surface area contributed by atoms with Crippen LogP contribution in [0.1, 0.15) is 43.0 Å². The number of aromatic carboxylic acids is 1. The van der Waals surface area contributed by atoms with E-state index in [-0.39, 0.29) is 5.56 Å². The molecular weight excluding hydrogens is 244 g/mol. The van der Waals surface area contributed by atoms with Gasteiger partial charge in [0.2, 0.25) is 0 Å². The largest absolute Gasteiger partial charge is 0.490 e. The molecule has 1 aromatic carbocycles. The lowest BCUT2D eigenvalue weighted by atomic mass is 10.2. The maximum absolute atomic E-state index is 10.9. The zero-order valence-corrected chi connectivity index (χ0v) is 11.4. The summed E-state index contributed by atoms with van der Waals surface area (Å²) in [4.78, 5) is 10.9. The lowest BCUT2D eigenvalue weighted by molar-refractivity contribution is 0.0684. The van der Waals surface area contributed by atoms with Gasteiger partial charge in [-0.05, 0) is 18.6 Å². The van der Waals surface area contributed by atoms with E-state index in [1.54, 1.807) is 18.2 Å². The molecule has 0 unspecified atom stereocenters. The van der Waals surface area contributed by atoms with E-state index in [1.165, 1.54) is 25.3 Å². The van der Waals surface area contributed by atoms with Crippen molar-refractivity contribution >= 4 is 5.97 Å². The topological polar surface area (TPSA) is 55.8 Å². The Morgan fingerprint density at radius 2 is 1.89 bits per heavy atom. The summed E-state index contributed by atoms with van der Waals surface area (Å²) in [6.45, 7) is 3.77. The lowest BCUT2D eigenvalue weighted by Gasteiger charge is -2.09. The summed E-state index contributed by atoms with van der Waals surface area (Å²) in [7, 11) is 0. The van der Waals surface area contributed by atoms with Crippen LogP contribution in [0.15, 0.2) is 24.3 Å². The Bertz CT molecular complexity index is 376. The fourth-order valence-corrected chi connectivity index (χ4v) is 1.71. The molecule has 0 aromatic heterocycles. The van der Waals surface area contributed by atoms with Gasteiger partial charge in [-0.1, -0.05) is 38.3 Å². The molecule has 0 aliphatic rings. The number of carbonyl (C=O) groups is 1. The average molecular weight is 266 g/mol. The molecule has 0 aliphatic carbocycles. The van der Waals surface area contributed by atoms with E-state index in [1.807, 2.05) is 0 Å². The molecule has 0 amide bonds. The van der Waals surface area contributed by atoms with Gasteiger partial charge in [0.15, 0.2) is 0 Å². The summed E-state index contributed by atoms with van der Waals surface area (Å²) in [6.07, 6.45) is 4.72. The van der Waals surface area contributed by atoms with Gasteiger partial charge in [0.25, 0.3) is 0 Å². The van der Waals surface area contributed by atoms with Crippen molar-refractivity contribution in [2.75, 3.05) is 19.8 Å². The molecule has 0 bridgehead atoms. The molecule has 0 saturated carbocycles. The van der Waals surface area contributed by atoms with Gasteiger partial charge in [0, 0.05) is 6.61 Å². The van der Waals surface area contributed by atoms with Gasteiger partial charge in [0.05, 0.1) is 6.61 Å². The summed E-state index contributed by atoms with van der Waals surface area (Å²) in [6, 6.07) is 6.63. The molecule has 4 nitrogen and oxygen atoms in total. The van der Waals surface area contributed by atoms with Crippen molar-refractivity contribution in [3.63, 3.8) is 0 Å². The van der Waals surface area contributed by atoms with Crippen LogP contribution in [0.3, 0.4) is 0 Å². The number of ether oxygens (including phenoxy) is 2. The van der Waals surface area contributed by atoms with Gasteiger partial charge in [-0.2, -0.15) is 0 Å². The normalized spacial score (nSPS) is 10.4. The van der Waals surface area contributed by atoms with Crippen molar-refractivity contribution in [1.82, 2.24) is 0 Å². The Morgan fingerprint density at radius 1 is 1.11 bits per heavy atom. The Morgan fingerprint density at radius 3 is 2.63 bits per heavy atom. The van der Waals surface area contributed by atoms with Crippen LogP contribution in [0.25, 0.3) is 0 Å². The van der Waals surface area contributed by atoms with Gasteiger partial charge >= 0.3 is 5.97 Å². The molecule has 106 valence electrons. The SMILES string of the molecule is CCCCCCOCCOc1ccccc1C(=O)O. The number of rotatable bonds is 10. The predicted molar refractivity (Wildman–Crippen MR) is 73.9 cm³/mol. The Hall–Kier alpha value is -1.55. The van der Waals surface area contributed by atoms with Gasteiger partial charge in [-0.3, -0.25) is 0 Å². The number of hydrogen-bond donors (Lipinski definition) is 1. The second kappa shape index (κ2) is 9.39. The Labute approximate surface area is 114 Å². The number of para-hydroxylation sites is 1. The van der Waals surface area contributed by atoms with Crippen LogP contribution in [-0.4, -0.2) is 30.9 Å². The third-order valence-corrected chi connectivity index (χ3v) is 2.74. The summed E-state index contributed by atoms with van der Waals surface area (Å²) in [5.74, 6) is -0.583. The molecule has 0 fully saturated rings. The smallest absolute Gasteiger partial charge is 0.339 e. The van der Waals surface area contributed by atoms with Gasteiger partial charge in [0.1, 0.15) is 17.9 Å². The quantitative estimate of drug-likeness (QED) is 0.660. The summed E-state index contributed by atoms with van der Waals surface area (Å²) < 4.78 is 10.9. The molecule has 1 N–H and O–H groups in total. The molecule has 0 radical (unpaired) electrons. The minimum Gasteiger partial charge on any atom is -0.490 e. The van der Waals surface area contributed by atoms with Crippen molar-refractivity contribution in [2.24, 2.45) is 0 Å². The zero-order chi connectivity index (χ0) is 13.9. The van der Waals surface area contributed by atoms with E-state index in [0.29, 0.717) is 19.0 Å². The van der Waals surface area contributed by atoms with Crippen LogP contribution in [0, 0.1) is 0 Å². The minimum absolute atomic E-state index is 0.186. The second-order valence-corrected chi connectivity index (χ2v) is 4.32. The van der Waals surface area contributed by atoms with Crippen LogP contribution >= 0.6 is 0 Å². The fourth-order valence-electron chi connectivity index (χ4n) is 1.71. The van der Waals surface area contributed by atoms with E-state index >= 15 is 0 Å². The maximum atomic E-state index is 10.9. The molecule has 0 aliphatic heterocycles. The highest BCUT2D eigenvalue weighted by Gasteiger charge is 2.09. The van der Waals surface area contributed by atoms with Crippen molar-refractivity contribution < 1.29 is 19.4 Å². The molecule has 4 heteroatoms. The highest BCUT2D eigenvalue weighted by Crippen LogP contribution is 2.17. The number of hydrogen-bond acceptors (Lipinski definition) is 3. The van der Waals surface area contributed by atoms with Crippen molar-refractivity contribution in [2.45, 2.75) is 32.6 Å². The molecule has 0 saturated heterocycles. The number of benzene rings is 1. The Kier molecular flexibility index (Phi) is 7.66. The molecule has 0 atom stereocenters. The zero-order valence-electron chi connectivity index (χ0n) is 11.4. The average Bonchev–Trinajstić information content (AvgIpc) is 2.42. The number of carboxylic acids is 1. The summed E-state index contributed by atoms with van der Waals surface area (Å²) >= 11 is 0. The lowest BCUT2D eigenvalue weighted by Crippen LogP contribution is -2.10. The monoisotopic (exact) mass is 266 g/mol. The van der Waals surface area contributed by atoms with Gasteiger partial charge < -0.3 is 14.6 Å². The summed E-state index contributed by atoms with van der Waals surface area (Å²) in [5, 5.41) is 8.98. The first-order valence-electron chi connectivity index (χ1n) is 6.78. The number of carboxylic acid groups (broad SMARTS) is 1. The first-order chi connectivity index (χ1) is 9.25. The molecule has 1 rings (SSSR count). The highest BCUT2D eigenvalue weighted by molar-refractivity contribution is 5.90. The summed E-state index contributed by atoms with van der Waals surface area (Å²) in [5.41, 5.74) is 0.186. The van der Waals surface area contributed by atoms with Gasteiger partial charge in [-0.25, -0.2) is 4.79 Å². The van der Waals surface area contributed by atoms with Crippen LogP contribution in [0.2, 0.25) is 0 Å². The second-order valence-electron chi connectivity index (χ2n) is 4.32. The first-order valence-corrected chi connectivity index (χ1v) is 6.78. The molecule has 19 heavy (non-hydrogen) atoms. The van der Waals surface area contributed by atoms with E-state index < -0.39 is 5.97 Å². The molecular formula is C15H22O4. The highest BCUT2D eigenvalue weighted by atomic mass is 16.5. The van der Waals surface area contributed by atoms with E-state index in [9.17, 15) is 4.79 Å². The van der Waals surface area contributed by atoms with E-state index in [4.69, 9.17) is 14.6 Å². The minimum atomic E-state index is -0.976. The van der Waals surface area contributed by atoms with Crippen LogP contribution in [0.4, 0.5) is 0 Å². The predicted octanol–water partition coefficient (Wildman–Crippen LogP) is 3.36. The molecule has 0 spiro atoms. The third kappa shape index (κ3) is 6.25. The van der Waals surface area contributed by atoms with Crippen LogP contribution in [0.5, 0.6) is 5.75 Å². The third-order valence-electron chi connectivity index (χ3n) is 2.74. The maximum Gasteiger partial charge on any atom is 0.339 e. The van der Waals surface area contributed by atoms with Crippen molar-refractivity contribution in [3.8, 4) is 5.75 Å². The van der Waals surface area contributed by atoms with Crippen LogP contribution in [-0.2, 0) is 4.74 Å². The Balaban J connectivity index is 2.17. The molecule has 1 aromatic rings. The first kappa shape index (κ1) is 15.5. The van der Waals surface area contributed by atoms with Crippen molar-refractivity contribution in [1.29, 1.82) is 0 Å². The van der Waals surface area contributed by atoms with E-state index in [2.05, 4.69) is 6.92 Å². The van der Waals surface area contributed by atoms with E-state index in [0.717, 1.165) is 13.0 Å². The van der Waals surface area contributed by atoms with Crippen LogP contribution < -0.4 is 4.74 Å².